The molecule has 1 aromatic rings. The molecule has 0 saturated carbocycles. The summed E-state index contributed by atoms with van der Waals surface area (Å²) in [5.41, 5.74) is -0.529. The molecule has 0 aliphatic heterocycles. The van der Waals surface area contributed by atoms with E-state index in [1.807, 2.05) is 0 Å². The van der Waals surface area contributed by atoms with E-state index in [1.54, 1.807) is 13.0 Å². The number of carbonyl (C=O) groups excluding carboxylic acids is 1. The molecule has 0 bridgehead atoms. The predicted octanol–water partition coefficient (Wildman–Crippen LogP) is 4.16. The van der Waals surface area contributed by atoms with Crippen molar-refractivity contribution >= 4 is 22.2 Å². The molecule has 5 heteroatoms. The molecule has 1 rings (SSSR count). The van der Waals surface area contributed by atoms with Crippen molar-refractivity contribution in [2.75, 3.05) is 0 Å². The zero-order valence-corrected chi connectivity index (χ0v) is 10.1. The van der Waals surface area contributed by atoms with Crippen molar-refractivity contribution in [3.05, 3.63) is 33.8 Å². The van der Waals surface area contributed by atoms with E-state index in [-0.39, 0.29) is 12.0 Å². The zero-order chi connectivity index (χ0) is 12.3. The van der Waals surface area contributed by atoms with E-state index in [4.69, 9.17) is 0 Å². The van der Waals surface area contributed by atoms with Crippen LogP contribution < -0.4 is 0 Å². The average molecular weight is 295 g/mol. The minimum Gasteiger partial charge on any atom is -0.303 e. The second-order valence-electron chi connectivity index (χ2n) is 3.53. The molecule has 0 fully saturated rings. The van der Waals surface area contributed by atoms with Gasteiger partial charge in [-0.25, -0.2) is 0 Å². The van der Waals surface area contributed by atoms with Crippen molar-refractivity contribution in [2.45, 2.75) is 25.4 Å². The summed E-state index contributed by atoms with van der Waals surface area (Å²) >= 11 is 3.01. The highest BCUT2D eigenvalue weighted by atomic mass is 79.9. The second-order valence-corrected chi connectivity index (χ2v) is 4.45. The van der Waals surface area contributed by atoms with E-state index in [0.29, 0.717) is 10.8 Å². The Labute approximate surface area is 99.8 Å². The molecule has 0 N–H and O–H groups in total. The number of hydrogen-bond acceptors (Lipinski definition) is 1. The van der Waals surface area contributed by atoms with E-state index >= 15 is 0 Å². The van der Waals surface area contributed by atoms with Crippen LogP contribution in [0.25, 0.3) is 0 Å². The highest BCUT2D eigenvalue weighted by Crippen LogP contribution is 2.37. The molecule has 0 radical (unpaired) electrons. The van der Waals surface area contributed by atoms with Gasteiger partial charge in [0.05, 0.1) is 5.56 Å². The molecule has 0 aliphatic carbocycles. The Morgan fingerprint density at radius 1 is 1.44 bits per heavy atom. The van der Waals surface area contributed by atoms with Crippen LogP contribution in [0.4, 0.5) is 13.2 Å². The van der Waals surface area contributed by atoms with Gasteiger partial charge in [-0.1, -0.05) is 28.9 Å². The molecule has 0 heterocycles. The van der Waals surface area contributed by atoms with Crippen LogP contribution in [0.1, 0.15) is 30.4 Å². The third-order valence-corrected chi connectivity index (χ3v) is 2.79. The molecule has 1 nitrogen and oxygen atoms in total. The molecule has 88 valence electrons. The highest BCUT2D eigenvalue weighted by Gasteiger charge is 2.34. The van der Waals surface area contributed by atoms with Crippen molar-refractivity contribution < 1.29 is 18.0 Å². The SMILES string of the molecule is CC(CC=O)c1ccc(Br)cc1C(F)(F)F. The minimum absolute atomic E-state index is 0.0880. The maximum absolute atomic E-state index is 12.7. The van der Waals surface area contributed by atoms with Gasteiger partial charge in [-0.05, 0) is 23.6 Å². The Balaban J connectivity index is 3.22. The topological polar surface area (TPSA) is 17.1 Å². The molecule has 0 saturated heterocycles. The first kappa shape index (κ1) is 13.2. The van der Waals surface area contributed by atoms with Gasteiger partial charge in [0.15, 0.2) is 0 Å². The van der Waals surface area contributed by atoms with Crippen molar-refractivity contribution in [1.29, 1.82) is 0 Å². The van der Waals surface area contributed by atoms with Crippen LogP contribution in [-0.2, 0) is 11.0 Å². The summed E-state index contributed by atoms with van der Waals surface area (Å²) in [7, 11) is 0. The summed E-state index contributed by atoms with van der Waals surface area (Å²) in [5.74, 6) is -0.428. The van der Waals surface area contributed by atoms with Crippen LogP contribution in [0.5, 0.6) is 0 Å². The molecule has 16 heavy (non-hydrogen) atoms. The number of aldehydes is 1. The first-order valence-corrected chi connectivity index (χ1v) is 5.46. The summed E-state index contributed by atoms with van der Waals surface area (Å²) < 4.78 is 38.5. The van der Waals surface area contributed by atoms with Crippen molar-refractivity contribution in [1.82, 2.24) is 0 Å². The Morgan fingerprint density at radius 2 is 2.06 bits per heavy atom. The molecule has 1 atom stereocenters. The van der Waals surface area contributed by atoms with E-state index < -0.39 is 17.7 Å². The highest BCUT2D eigenvalue weighted by molar-refractivity contribution is 9.10. The quantitative estimate of drug-likeness (QED) is 0.765. The van der Waals surface area contributed by atoms with Gasteiger partial charge in [0.25, 0.3) is 0 Å². The molecular formula is C11H10BrF3O. The summed E-state index contributed by atoms with van der Waals surface area (Å²) in [6.45, 7) is 1.60. The third kappa shape index (κ3) is 3.07. The van der Waals surface area contributed by atoms with Gasteiger partial charge in [0.1, 0.15) is 6.29 Å². The largest absolute Gasteiger partial charge is 0.416 e. The number of carbonyl (C=O) groups is 1. The number of benzene rings is 1. The van der Waals surface area contributed by atoms with E-state index in [0.717, 1.165) is 6.07 Å². The van der Waals surface area contributed by atoms with Crippen LogP contribution in [0.15, 0.2) is 22.7 Å². The van der Waals surface area contributed by atoms with Crippen LogP contribution >= 0.6 is 15.9 Å². The number of hydrogen-bond donors (Lipinski definition) is 0. The lowest BCUT2D eigenvalue weighted by atomic mass is 9.93. The summed E-state index contributed by atoms with van der Waals surface area (Å²) in [5, 5.41) is 0. The van der Waals surface area contributed by atoms with Gasteiger partial charge in [-0.15, -0.1) is 0 Å². The standard InChI is InChI=1S/C11H10BrF3O/c1-7(4-5-16)9-3-2-8(12)6-10(9)11(13,14)15/h2-3,5-7H,4H2,1H3. The van der Waals surface area contributed by atoms with Crippen molar-refractivity contribution in [3.63, 3.8) is 0 Å². The van der Waals surface area contributed by atoms with Gasteiger partial charge in [-0.3, -0.25) is 0 Å². The monoisotopic (exact) mass is 294 g/mol. The fourth-order valence-corrected chi connectivity index (χ4v) is 1.84. The Morgan fingerprint density at radius 3 is 2.56 bits per heavy atom. The van der Waals surface area contributed by atoms with Crippen LogP contribution in [0.3, 0.4) is 0 Å². The van der Waals surface area contributed by atoms with E-state index in [9.17, 15) is 18.0 Å². The normalized spacial score (nSPS) is 13.6. The van der Waals surface area contributed by atoms with Gasteiger partial charge in [-0.2, -0.15) is 13.2 Å². The lowest BCUT2D eigenvalue weighted by Crippen LogP contribution is -2.11. The second kappa shape index (κ2) is 4.99. The number of rotatable bonds is 3. The Bertz CT molecular complexity index is 387. The van der Waals surface area contributed by atoms with Gasteiger partial charge in [0, 0.05) is 10.9 Å². The third-order valence-electron chi connectivity index (χ3n) is 2.30. The average Bonchev–Trinajstić information content (AvgIpc) is 2.16. The molecule has 0 aromatic heterocycles. The number of alkyl halides is 3. The van der Waals surface area contributed by atoms with Gasteiger partial charge < -0.3 is 4.79 Å². The van der Waals surface area contributed by atoms with Gasteiger partial charge >= 0.3 is 6.18 Å². The van der Waals surface area contributed by atoms with Crippen molar-refractivity contribution in [3.8, 4) is 0 Å². The first-order valence-electron chi connectivity index (χ1n) is 4.66. The van der Waals surface area contributed by atoms with Crippen LogP contribution in [0, 0.1) is 0 Å². The predicted molar refractivity (Wildman–Crippen MR) is 58.2 cm³/mol. The van der Waals surface area contributed by atoms with E-state index in [2.05, 4.69) is 15.9 Å². The Kier molecular flexibility index (Phi) is 4.13. The lowest BCUT2D eigenvalue weighted by Gasteiger charge is -2.17. The Hall–Kier alpha value is -0.840. The molecule has 1 aromatic carbocycles. The summed E-state index contributed by atoms with van der Waals surface area (Å²) in [4.78, 5) is 10.3. The summed E-state index contributed by atoms with van der Waals surface area (Å²) in [6, 6.07) is 3.99. The van der Waals surface area contributed by atoms with Gasteiger partial charge in [0.2, 0.25) is 0 Å². The number of halogens is 4. The molecule has 0 aliphatic rings. The smallest absolute Gasteiger partial charge is 0.303 e. The molecule has 0 amide bonds. The molecule has 1 unspecified atom stereocenters. The molecular weight excluding hydrogens is 285 g/mol. The fourth-order valence-electron chi connectivity index (χ4n) is 1.48. The van der Waals surface area contributed by atoms with Crippen LogP contribution in [-0.4, -0.2) is 6.29 Å². The van der Waals surface area contributed by atoms with Crippen molar-refractivity contribution in [2.24, 2.45) is 0 Å². The summed E-state index contributed by atoms with van der Waals surface area (Å²) in [6.07, 6.45) is -3.67. The fraction of sp³-hybridized carbons (Fsp3) is 0.364. The van der Waals surface area contributed by atoms with Crippen LogP contribution in [0.2, 0.25) is 0 Å². The van der Waals surface area contributed by atoms with E-state index in [1.165, 1.54) is 6.07 Å². The lowest BCUT2D eigenvalue weighted by molar-refractivity contribution is -0.138. The maximum atomic E-state index is 12.7. The minimum atomic E-state index is -4.39. The zero-order valence-electron chi connectivity index (χ0n) is 8.51. The molecule has 0 spiro atoms. The maximum Gasteiger partial charge on any atom is 0.416 e. The first-order chi connectivity index (χ1) is 7.36.